The summed E-state index contributed by atoms with van der Waals surface area (Å²) in [7, 11) is -6.78. The fraction of sp³-hybridized carbons (Fsp3) is 1.00. The highest BCUT2D eigenvalue weighted by Crippen LogP contribution is 2.00. The van der Waals surface area contributed by atoms with Crippen molar-refractivity contribution >= 4 is 19.7 Å². The molecule has 0 aromatic heterocycles. The first-order valence-electron chi connectivity index (χ1n) is 3.74. The van der Waals surface area contributed by atoms with Crippen LogP contribution in [-0.2, 0) is 19.7 Å². The van der Waals surface area contributed by atoms with Crippen LogP contribution in [0.5, 0.6) is 0 Å². The van der Waals surface area contributed by atoms with Gasteiger partial charge in [0.1, 0.15) is 0 Å². The van der Waals surface area contributed by atoms with Crippen molar-refractivity contribution in [2.75, 3.05) is 16.6 Å². The van der Waals surface area contributed by atoms with E-state index in [0.717, 1.165) is 0 Å². The van der Waals surface area contributed by atoms with Gasteiger partial charge in [-0.2, -0.15) is 0 Å². The van der Waals surface area contributed by atoms with Crippen LogP contribution in [0.1, 0.15) is 20.3 Å². The maximum absolute atomic E-state index is 11.0. The first-order chi connectivity index (χ1) is 5.33. The minimum absolute atomic E-state index is 0.0494. The topological polar surface area (TPSA) is 68.3 Å². The van der Waals surface area contributed by atoms with Crippen molar-refractivity contribution in [1.29, 1.82) is 0 Å². The van der Waals surface area contributed by atoms with Gasteiger partial charge in [-0.3, -0.25) is 0 Å². The van der Waals surface area contributed by atoms with E-state index in [9.17, 15) is 16.8 Å². The predicted molar refractivity (Wildman–Crippen MR) is 48.4 cm³/mol. The van der Waals surface area contributed by atoms with E-state index >= 15 is 0 Å². The molecule has 0 saturated heterocycles. The molecule has 0 saturated carbocycles. The predicted octanol–water partition coefficient (Wildman–Crippen LogP) is 0.203. The average molecular weight is 214 g/mol. The first-order valence-corrected chi connectivity index (χ1v) is 7.38. The van der Waals surface area contributed by atoms with E-state index in [4.69, 9.17) is 0 Å². The standard InChI is InChI=1S/C6H14O4S2/c1-3-5-12(9,10)6-11(7,8)4-2/h3-6H2,1-2H3. The third kappa shape index (κ3) is 4.71. The van der Waals surface area contributed by atoms with Gasteiger partial charge in [0.2, 0.25) is 0 Å². The van der Waals surface area contributed by atoms with Gasteiger partial charge in [0, 0.05) is 5.75 Å². The van der Waals surface area contributed by atoms with Gasteiger partial charge in [0.05, 0.1) is 5.75 Å². The molecule has 0 aromatic rings. The Hall–Kier alpha value is -0.100. The lowest BCUT2D eigenvalue weighted by Crippen LogP contribution is -2.20. The van der Waals surface area contributed by atoms with Gasteiger partial charge in [-0.25, -0.2) is 16.8 Å². The van der Waals surface area contributed by atoms with Gasteiger partial charge in [-0.15, -0.1) is 0 Å². The summed E-state index contributed by atoms with van der Waals surface area (Å²) < 4.78 is 43.9. The summed E-state index contributed by atoms with van der Waals surface area (Å²) in [5.74, 6) is -0.165. The number of sulfone groups is 2. The fourth-order valence-electron chi connectivity index (χ4n) is 0.727. The molecule has 0 aliphatic rings. The lowest BCUT2D eigenvalue weighted by atomic mass is 10.6. The monoisotopic (exact) mass is 214 g/mol. The smallest absolute Gasteiger partial charge is 0.164 e. The molecule has 0 bridgehead atoms. The summed E-state index contributed by atoms with van der Waals surface area (Å²) in [6.07, 6.45) is 0.460. The van der Waals surface area contributed by atoms with Gasteiger partial charge in [-0.1, -0.05) is 13.8 Å². The summed E-state index contributed by atoms with van der Waals surface area (Å²) in [5.41, 5.74) is 0. The van der Waals surface area contributed by atoms with E-state index in [1.165, 1.54) is 6.92 Å². The van der Waals surface area contributed by atoms with E-state index in [-0.39, 0.29) is 11.5 Å². The summed E-state index contributed by atoms with van der Waals surface area (Å²) in [6, 6.07) is 0. The minimum Gasteiger partial charge on any atom is -0.228 e. The zero-order valence-electron chi connectivity index (χ0n) is 7.28. The molecule has 74 valence electrons. The zero-order chi connectivity index (χ0) is 9.83. The van der Waals surface area contributed by atoms with Gasteiger partial charge < -0.3 is 0 Å². The molecule has 0 heterocycles. The Labute approximate surface area is 73.8 Å². The van der Waals surface area contributed by atoms with Crippen LogP contribution in [0, 0.1) is 0 Å². The molecule has 0 aromatic carbocycles. The van der Waals surface area contributed by atoms with Crippen LogP contribution in [0.3, 0.4) is 0 Å². The average Bonchev–Trinajstić information content (AvgIpc) is 1.85. The quantitative estimate of drug-likeness (QED) is 0.655. The Kier molecular flexibility index (Phi) is 4.19. The second-order valence-corrected chi connectivity index (χ2v) is 7.50. The summed E-state index contributed by atoms with van der Waals surface area (Å²) in [6.45, 7) is 3.15. The molecule has 0 spiro atoms. The van der Waals surface area contributed by atoms with Crippen LogP contribution < -0.4 is 0 Å². The van der Waals surface area contributed by atoms with E-state index in [1.807, 2.05) is 0 Å². The lowest BCUT2D eigenvalue weighted by Gasteiger charge is -2.01. The van der Waals surface area contributed by atoms with Crippen molar-refractivity contribution < 1.29 is 16.8 Å². The molecule has 0 atom stereocenters. The molecule has 0 aliphatic heterocycles. The van der Waals surface area contributed by atoms with Gasteiger partial charge in [0.15, 0.2) is 24.8 Å². The third-order valence-corrected chi connectivity index (χ3v) is 6.10. The van der Waals surface area contributed by atoms with Crippen LogP contribution in [0.15, 0.2) is 0 Å². The van der Waals surface area contributed by atoms with Crippen LogP contribution in [0.4, 0.5) is 0 Å². The molecule has 0 aliphatic carbocycles. The highest BCUT2D eigenvalue weighted by atomic mass is 32.3. The maximum atomic E-state index is 11.0. The zero-order valence-corrected chi connectivity index (χ0v) is 8.91. The number of rotatable bonds is 5. The molecule has 0 N–H and O–H groups in total. The van der Waals surface area contributed by atoms with E-state index in [0.29, 0.717) is 6.42 Å². The normalized spacial score (nSPS) is 13.2. The lowest BCUT2D eigenvalue weighted by molar-refractivity contribution is 0.589. The van der Waals surface area contributed by atoms with Gasteiger partial charge in [-0.05, 0) is 6.42 Å². The van der Waals surface area contributed by atoms with E-state index < -0.39 is 24.8 Å². The van der Waals surface area contributed by atoms with Crippen LogP contribution >= 0.6 is 0 Å². The highest BCUT2D eigenvalue weighted by molar-refractivity contribution is 8.07. The Balaban J connectivity index is 4.47. The van der Waals surface area contributed by atoms with Crippen molar-refractivity contribution in [2.24, 2.45) is 0 Å². The molecule has 0 fully saturated rings. The summed E-state index contributed by atoms with van der Waals surface area (Å²) >= 11 is 0. The molecular weight excluding hydrogens is 200 g/mol. The molecular formula is C6H14O4S2. The Morgan fingerprint density at radius 2 is 1.42 bits per heavy atom. The van der Waals surface area contributed by atoms with E-state index in [1.54, 1.807) is 6.92 Å². The van der Waals surface area contributed by atoms with Crippen molar-refractivity contribution in [1.82, 2.24) is 0 Å². The molecule has 0 rings (SSSR count). The molecule has 6 heteroatoms. The maximum Gasteiger partial charge on any atom is 0.164 e. The minimum atomic E-state index is -3.39. The number of hydrogen-bond donors (Lipinski definition) is 0. The first kappa shape index (κ1) is 11.9. The third-order valence-electron chi connectivity index (χ3n) is 1.31. The van der Waals surface area contributed by atoms with E-state index in [2.05, 4.69) is 0 Å². The van der Waals surface area contributed by atoms with Crippen LogP contribution in [-0.4, -0.2) is 33.4 Å². The van der Waals surface area contributed by atoms with Crippen molar-refractivity contribution in [3.05, 3.63) is 0 Å². The molecule has 0 radical (unpaired) electrons. The second kappa shape index (κ2) is 4.23. The van der Waals surface area contributed by atoms with Gasteiger partial charge in [0.25, 0.3) is 0 Å². The van der Waals surface area contributed by atoms with Gasteiger partial charge >= 0.3 is 0 Å². The number of hydrogen-bond acceptors (Lipinski definition) is 4. The van der Waals surface area contributed by atoms with Crippen LogP contribution in [0.25, 0.3) is 0 Å². The van der Waals surface area contributed by atoms with Crippen molar-refractivity contribution in [3.63, 3.8) is 0 Å². The van der Waals surface area contributed by atoms with Crippen molar-refractivity contribution in [3.8, 4) is 0 Å². The Bertz CT molecular complexity index is 311. The molecule has 12 heavy (non-hydrogen) atoms. The second-order valence-electron chi connectivity index (χ2n) is 2.60. The fourth-order valence-corrected chi connectivity index (χ4v) is 4.68. The largest absolute Gasteiger partial charge is 0.228 e. The summed E-state index contributed by atoms with van der Waals surface area (Å²) in [5, 5.41) is -0.704. The van der Waals surface area contributed by atoms with Crippen molar-refractivity contribution in [2.45, 2.75) is 20.3 Å². The molecule has 4 nitrogen and oxygen atoms in total. The summed E-state index contributed by atoms with van der Waals surface area (Å²) in [4.78, 5) is 0. The highest BCUT2D eigenvalue weighted by Gasteiger charge is 2.19. The molecule has 0 unspecified atom stereocenters. The molecule has 0 amide bonds. The Morgan fingerprint density at radius 1 is 0.917 bits per heavy atom. The Morgan fingerprint density at radius 3 is 1.75 bits per heavy atom. The van der Waals surface area contributed by atoms with Crippen LogP contribution in [0.2, 0.25) is 0 Å². The SMILES string of the molecule is CCCS(=O)(=O)CS(=O)(=O)CC.